The van der Waals surface area contributed by atoms with Crippen LogP contribution in [-0.2, 0) is 0 Å². The molecule has 0 fully saturated rings. The van der Waals surface area contributed by atoms with E-state index in [1.54, 1.807) is 0 Å². The van der Waals surface area contributed by atoms with Gasteiger partial charge < -0.3 is 0 Å². The van der Waals surface area contributed by atoms with Crippen LogP contribution >= 0.6 is 87.3 Å². The van der Waals surface area contributed by atoms with Crippen LogP contribution in [0.3, 0.4) is 0 Å². The Morgan fingerprint density at radius 3 is 1.57 bits per heavy atom. The highest BCUT2D eigenvalue weighted by atomic mass is 35.7. The normalized spacial score (nSPS) is 14.3. The van der Waals surface area contributed by atoms with E-state index in [-0.39, 0.29) is 0 Å². The van der Waals surface area contributed by atoms with Gasteiger partial charge in [0.15, 0.2) is 6.41 Å². The number of halogens is 7. The predicted octanol–water partition coefficient (Wildman–Crippen LogP) is 6.41. The fourth-order valence-corrected chi connectivity index (χ4v) is 6.26. The molecule has 0 aromatic carbocycles. The van der Waals surface area contributed by atoms with E-state index in [0.717, 1.165) is 6.42 Å². The topological polar surface area (TPSA) is 12.4 Å². The van der Waals surface area contributed by atoms with Crippen molar-refractivity contribution in [3.63, 3.8) is 0 Å². The summed E-state index contributed by atoms with van der Waals surface area (Å²) in [6.07, 6.45) is -2.43. The molecule has 0 spiro atoms. The monoisotopic (exact) mass is 357 g/mol. The first-order chi connectivity index (χ1) is 6.06. The fourth-order valence-electron chi connectivity index (χ4n) is 0.542. The van der Waals surface area contributed by atoms with Gasteiger partial charge in [-0.1, -0.05) is 87.8 Å². The third-order valence-corrected chi connectivity index (χ3v) is 10.9. The lowest BCUT2D eigenvalue weighted by atomic mass is 10.5. The van der Waals surface area contributed by atoms with Crippen LogP contribution in [0.25, 0.3) is 0 Å². The summed E-state index contributed by atoms with van der Waals surface area (Å²) in [5.41, 5.74) is 0. The smallest absolute Gasteiger partial charge is 0.240 e. The van der Waals surface area contributed by atoms with Crippen LogP contribution in [0, 0.1) is 0 Å². The van der Waals surface area contributed by atoms with Crippen LogP contribution in [0.5, 0.6) is 0 Å². The second-order valence-electron chi connectivity index (χ2n) is 2.36. The molecule has 0 aliphatic heterocycles. The van der Waals surface area contributed by atoms with Crippen LogP contribution in [0.1, 0.15) is 13.3 Å². The van der Waals surface area contributed by atoms with Crippen molar-refractivity contribution in [1.82, 2.24) is 0 Å². The zero-order valence-electron chi connectivity index (χ0n) is 6.95. The maximum atomic E-state index is 6.02. The van der Waals surface area contributed by atoms with E-state index in [9.17, 15) is 0 Å². The lowest BCUT2D eigenvalue weighted by molar-refractivity contribution is 0.940. The van der Waals surface area contributed by atoms with Crippen molar-refractivity contribution in [3.05, 3.63) is 0 Å². The molecule has 0 saturated heterocycles. The third kappa shape index (κ3) is 3.93. The summed E-state index contributed by atoms with van der Waals surface area (Å²) in [5, 5.41) is 0. The molecule has 0 bridgehead atoms. The number of rotatable bonds is 2. The molecule has 1 nitrogen and oxygen atoms in total. The Hall–Kier alpha value is 2.26. The number of hydrogen-bond acceptors (Lipinski definition) is 1. The molecule has 0 aliphatic rings. The number of alkyl halides is 6. The van der Waals surface area contributed by atoms with E-state index < -0.39 is 13.5 Å². The highest BCUT2D eigenvalue weighted by Crippen LogP contribution is 2.81. The number of nitrogens with zero attached hydrogens (tertiary/aromatic N) is 1. The lowest BCUT2D eigenvalue weighted by Crippen LogP contribution is -2.13. The first-order valence-corrected chi connectivity index (χ1v) is 8.39. The van der Waals surface area contributed by atoms with Crippen molar-refractivity contribution in [2.45, 2.75) is 20.4 Å². The molecule has 0 saturated carbocycles. The predicted molar refractivity (Wildman–Crippen MR) is 70.9 cm³/mol. The Balaban J connectivity index is 5.29. The molecule has 9 heteroatoms. The summed E-state index contributed by atoms with van der Waals surface area (Å²) in [4.78, 5) is 0. The van der Waals surface area contributed by atoms with E-state index in [1.807, 2.05) is 6.92 Å². The van der Waals surface area contributed by atoms with Gasteiger partial charge in [-0.15, -0.1) is 0 Å². The molecule has 0 rings (SSSR count). The van der Waals surface area contributed by atoms with Gasteiger partial charge in [0.2, 0.25) is 7.07 Å². The lowest BCUT2D eigenvalue weighted by Gasteiger charge is -2.30. The van der Waals surface area contributed by atoms with E-state index in [1.165, 1.54) is 0 Å². The molecule has 0 radical (unpaired) electrons. The molecule has 0 unspecified atom stereocenters. The van der Waals surface area contributed by atoms with Crippen LogP contribution < -0.4 is 0 Å². The molecule has 0 amide bonds. The van der Waals surface area contributed by atoms with Crippen molar-refractivity contribution in [1.29, 1.82) is 0 Å². The van der Waals surface area contributed by atoms with Gasteiger partial charge in [0.1, 0.15) is 0 Å². The van der Waals surface area contributed by atoms with Gasteiger partial charge in [0, 0.05) is 6.54 Å². The van der Waals surface area contributed by atoms with Crippen molar-refractivity contribution in [2.24, 2.45) is 4.74 Å². The largest absolute Gasteiger partial charge is 0.280 e. The minimum absolute atomic E-state index is 0.388. The molecule has 0 heterocycles. The zero-order valence-corrected chi connectivity index (χ0v) is 13.1. The minimum Gasteiger partial charge on any atom is -0.280 e. The summed E-state index contributed by atoms with van der Waals surface area (Å²) in [6, 6.07) is 0. The summed E-state index contributed by atoms with van der Waals surface area (Å²) in [7, 11) is 0. The molecular weight excluding hydrogens is 353 g/mol. The summed E-state index contributed by atoms with van der Waals surface area (Å²) in [5.74, 6) is 0. The van der Waals surface area contributed by atoms with Crippen LogP contribution in [0.15, 0.2) is 4.74 Å². The average molecular weight is 360 g/mol. The standard InChI is InChI=1S/C5H7Cl7NP/c1-2-3-13-14(12,4(6,7)8)5(9,10)11/h2-3H2,1H3. The van der Waals surface area contributed by atoms with Gasteiger partial charge in [0.05, 0.1) is 0 Å². The van der Waals surface area contributed by atoms with Gasteiger partial charge in [-0.2, -0.15) is 0 Å². The fraction of sp³-hybridized carbons (Fsp3) is 1.00. The van der Waals surface area contributed by atoms with E-state index in [0.29, 0.717) is 6.54 Å². The van der Waals surface area contributed by atoms with Gasteiger partial charge in [0.25, 0.3) is 0 Å². The highest BCUT2D eigenvalue weighted by molar-refractivity contribution is 8.00. The second kappa shape index (κ2) is 5.74. The first-order valence-electron chi connectivity index (χ1n) is 3.47. The van der Waals surface area contributed by atoms with Crippen molar-refractivity contribution in [2.75, 3.05) is 6.54 Å². The molecule has 86 valence electrons. The quantitative estimate of drug-likeness (QED) is 0.399. The zero-order chi connectivity index (χ0) is 11.6. The summed E-state index contributed by atoms with van der Waals surface area (Å²) >= 11 is 40.0. The highest BCUT2D eigenvalue weighted by Gasteiger charge is 2.53. The molecule has 14 heavy (non-hydrogen) atoms. The van der Waals surface area contributed by atoms with Crippen LogP contribution in [0.4, 0.5) is 0 Å². The average Bonchev–Trinajstić information content (AvgIpc) is 1.95. The van der Waals surface area contributed by atoms with E-state index >= 15 is 0 Å². The second-order valence-corrected chi connectivity index (χ2v) is 12.7. The molecule has 0 aliphatic carbocycles. The summed E-state index contributed by atoms with van der Waals surface area (Å²) in [6.45, 7) is 2.28. The SMILES string of the molecule is CCCN=P(Cl)(C(Cl)(Cl)Cl)C(Cl)(Cl)Cl. The Morgan fingerprint density at radius 1 is 1.00 bits per heavy atom. The maximum Gasteiger partial charge on any atom is 0.240 e. The Labute approximate surface area is 118 Å². The third-order valence-electron chi connectivity index (χ3n) is 1.19. The minimum atomic E-state index is -3.16. The van der Waals surface area contributed by atoms with Gasteiger partial charge in [-0.05, 0) is 6.42 Å². The Bertz CT molecular complexity index is 221. The molecule has 0 atom stereocenters. The summed E-state index contributed by atoms with van der Waals surface area (Å²) < 4.78 is 0.242. The Morgan fingerprint density at radius 2 is 1.36 bits per heavy atom. The van der Waals surface area contributed by atoms with Gasteiger partial charge >= 0.3 is 0 Å². The number of hydrogen-bond donors (Lipinski definition) is 0. The Kier molecular flexibility index (Phi) is 6.66. The van der Waals surface area contributed by atoms with Crippen molar-refractivity contribution in [3.8, 4) is 0 Å². The van der Waals surface area contributed by atoms with Crippen LogP contribution in [-0.4, -0.2) is 13.6 Å². The van der Waals surface area contributed by atoms with Gasteiger partial charge in [-0.25, -0.2) is 0 Å². The molecule has 0 aromatic rings. The maximum absolute atomic E-state index is 6.02. The van der Waals surface area contributed by atoms with Crippen molar-refractivity contribution < 1.29 is 0 Å². The van der Waals surface area contributed by atoms with Gasteiger partial charge in [-0.3, -0.25) is 4.74 Å². The first kappa shape index (κ1) is 16.3. The molecule has 0 aromatic heterocycles. The van der Waals surface area contributed by atoms with E-state index in [4.69, 9.17) is 80.8 Å². The molecule has 0 N–H and O–H groups in total. The van der Waals surface area contributed by atoms with E-state index in [2.05, 4.69) is 4.74 Å². The van der Waals surface area contributed by atoms with Crippen molar-refractivity contribution >= 4 is 87.3 Å². The van der Waals surface area contributed by atoms with Crippen LogP contribution in [0.2, 0.25) is 0 Å². The molecular formula is C5H7Cl7NP.